The largest absolute Gasteiger partial charge is 0.465 e. The van der Waals surface area contributed by atoms with Crippen LogP contribution in [-0.4, -0.2) is 46.8 Å². The van der Waals surface area contributed by atoms with Crippen LogP contribution in [0.4, 0.5) is 0 Å². The van der Waals surface area contributed by atoms with Gasteiger partial charge in [0.05, 0.1) is 24.0 Å². The van der Waals surface area contributed by atoms with Crippen LogP contribution < -0.4 is 0 Å². The summed E-state index contributed by atoms with van der Waals surface area (Å²) in [6, 6.07) is 7.25. The number of aliphatic hydroxyl groups is 1. The molecular weight excluding hydrogens is 324 g/mol. The van der Waals surface area contributed by atoms with Gasteiger partial charge in [-0.15, -0.1) is 11.3 Å². The third-order valence-electron chi connectivity index (χ3n) is 3.55. The SMILES string of the molecule is CCN(Cc1csc(-c2ccc(C(=O)OC)cc2)n1)CC(C)(C)O. The van der Waals surface area contributed by atoms with Crippen molar-refractivity contribution in [3.63, 3.8) is 0 Å². The van der Waals surface area contributed by atoms with Gasteiger partial charge in [-0.1, -0.05) is 19.1 Å². The number of benzene rings is 1. The van der Waals surface area contributed by atoms with Crippen molar-refractivity contribution in [1.29, 1.82) is 0 Å². The molecule has 6 heteroatoms. The number of ether oxygens (including phenoxy) is 1. The lowest BCUT2D eigenvalue weighted by molar-refractivity contribution is 0.0350. The van der Waals surface area contributed by atoms with Gasteiger partial charge < -0.3 is 9.84 Å². The zero-order valence-corrected chi connectivity index (χ0v) is 15.4. The van der Waals surface area contributed by atoms with Gasteiger partial charge >= 0.3 is 5.97 Å². The highest BCUT2D eigenvalue weighted by Gasteiger charge is 2.18. The standard InChI is InChI=1S/C18H24N2O3S/c1-5-20(12-18(2,3)22)10-15-11-24-16(19-15)13-6-8-14(9-7-13)17(21)23-4/h6-9,11,22H,5,10,12H2,1-4H3. The van der Waals surface area contributed by atoms with Crippen molar-refractivity contribution in [2.45, 2.75) is 32.9 Å². The molecule has 1 N–H and O–H groups in total. The summed E-state index contributed by atoms with van der Waals surface area (Å²) in [5, 5.41) is 12.9. The average molecular weight is 348 g/mol. The third kappa shape index (κ3) is 5.12. The number of rotatable bonds is 7. The molecule has 1 aromatic heterocycles. The number of carbonyl (C=O) groups is 1. The van der Waals surface area contributed by atoms with Gasteiger partial charge in [-0.25, -0.2) is 9.78 Å². The molecule has 1 heterocycles. The molecule has 0 bridgehead atoms. The monoisotopic (exact) mass is 348 g/mol. The molecule has 0 aliphatic rings. The van der Waals surface area contributed by atoms with E-state index in [0.717, 1.165) is 22.8 Å². The molecule has 5 nitrogen and oxygen atoms in total. The summed E-state index contributed by atoms with van der Waals surface area (Å²) in [6.45, 7) is 7.85. The molecule has 0 saturated heterocycles. The Labute approximate surface area is 146 Å². The van der Waals surface area contributed by atoms with Crippen LogP contribution in [0.25, 0.3) is 10.6 Å². The summed E-state index contributed by atoms with van der Waals surface area (Å²) in [5.74, 6) is -0.341. The van der Waals surface area contributed by atoms with Crippen LogP contribution in [0.2, 0.25) is 0 Å². The van der Waals surface area contributed by atoms with E-state index in [1.165, 1.54) is 7.11 Å². The number of aromatic nitrogens is 1. The second-order valence-electron chi connectivity index (χ2n) is 6.33. The van der Waals surface area contributed by atoms with Crippen LogP contribution in [0.15, 0.2) is 29.6 Å². The zero-order chi connectivity index (χ0) is 17.7. The minimum atomic E-state index is -0.724. The zero-order valence-electron chi connectivity index (χ0n) is 14.6. The molecule has 0 aliphatic carbocycles. The van der Waals surface area contributed by atoms with Gasteiger partial charge in [0.15, 0.2) is 0 Å². The Bertz CT molecular complexity index is 674. The molecule has 24 heavy (non-hydrogen) atoms. The predicted molar refractivity (Wildman–Crippen MR) is 96.1 cm³/mol. The fourth-order valence-corrected chi connectivity index (χ4v) is 3.25. The second kappa shape index (κ2) is 7.88. The summed E-state index contributed by atoms with van der Waals surface area (Å²) in [5.41, 5.74) is 1.77. The molecule has 0 amide bonds. The Morgan fingerprint density at radius 1 is 1.33 bits per heavy atom. The molecule has 2 rings (SSSR count). The minimum Gasteiger partial charge on any atom is -0.465 e. The minimum absolute atomic E-state index is 0.341. The Kier molecular flexibility index (Phi) is 6.10. The van der Waals surface area contributed by atoms with Crippen molar-refractivity contribution in [2.24, 2.45) is 0 Å². The average Bonchev–Trinajstić information content (AvgIpc) is 3.01. The van der Waals surface area contributed by atoms with E-state index < -0.39 is 5.60 Å². The number of hydrogen-bond acceptors (Lipinski definition) is 6. The number of carbonyl (C=O) groups excluding carboxylic acids is 1. The molecule has 0 aliphatic heterocycles. The quantitative estimate of drug-likeness (QED) is 0.779. The van der Waals surface area contributed by atoms with Gasteiger partial charge in [0.1, 0.15) is 5.01 Å². The lowest BCUT2D eigenvalue weighted by atomic mass is 10.1. The predicted octanol–water partition coefficient (Wildman–Crippen LogP) is 3.19. The summed E-state index contributed by atoms with van der Waals surface area (Å²) < 4.78 is 4.70. The van der Waals surface area contributed by atoms with Gasteiger partial charge in [-0.2, -0.15) is 0 Å². The molecule has 0 unspecified atom stereocenters. The summed E-state index contributed by atoms with van der Waals surface area (Å²) >= 11 is 1.58. The summed E-state index contributed by atoms with van der Waals surface area (Å²) in [7, 11) is 1.37. The van der Waals surface area contributed by atoms with E-state index in [-0.39, 0.29) is 5.97 Å². The van der Waals surface area contributed by atoms with Crippen LogP contribution in [0.1, 0.15) is 36.8 Å². The van der Waals surface area contributed by atoms with E-state index in [1.807, 2.05) is 31.4 Å². The molecular formula is C18H24N2O3S. The highest BCUT2D eigenvalue weighted by Crippen LogP contribution is 2.25. The first-order valence-electron chi connectivity index (χ1n) is 7.90. The number of esters is 1. The molecule has 2 aromatic rings. The normalized spacial score (nSPS) is 11.8. The molecule has 0 fully saturated rings. The molecule has 0 saturated carbocycles. The highest BCUT2D eigenvalue weighted by molar-refractivity contribution is 7.13. The first-order valence-corrected chi connectivity index (χ1v) is 8.78. The fraction of sp³-hybridized carbons (Fsp3) is 0.444. The maximum atomic E-state index is 11.5. The van der Waals surface area contributed by atoms with E-state index in [9.17, 15) is 9.90 Å². The fourth-order valence-electron chi connectivity index (χ4n) is 2.43. The van der Waals surface area contributed by atoms with Gasteiger partial charge in [0, 0.05) is 24.0 Å². The first kappa shape index (κ1) is 18.6. The van der Waals surface area contributed by atoms with Gasteiger partial charge in [0.25, 0.3) is 0 Å². The van der Waals surface area contributed by atoms with E-state index in [2.05, 4.69) is 16.8 Å². The van der Waals surface area contributed by atoms with Gasteiger partial charge in [0.2, 0.25) is 0 Å². The van der Waals surface area contributed by atoms with Crippen LogP contribution >= 0.6 is 11.3 Å². The Morgan fingerprint density at radius 3 is 2.54 bits per heavy atom. The highest BCUT2D eigenvalue weighted by atomic mass is 32.1. The van der Waals surface area contributed by atoms with Gasteiger partial charge in [-0.3, -0.25) is 4.90 Å². The van der Waals surface area contributed by atoms with E-state index in [1.54, 1.807) is 23.5 Å². The molecule has 1 aromatic carbocycles. The molecule has 0 atom stereocenters. The molecule has 130 valence electrons. The van der Waals surface area contributed by atoms with Crippen molar-refractivity contribution in [2.75, 3.05) is 20.2 Å². The second-order valence-corrected chi connectivity index (χ2v) is 7.19. The van der Waals surface area contributed by atoms with E-state index >= 15 is 0 Å². The van der Waals surface area contributed by atoms with Crippen molar-refractivity contribution < 1.29 is 14.6 Å². The lowest BCUT2D eigenvalue weighted by Crippen LogP contribution is -2.38. The maximum absolute atomic E-state index is 11.5. The Morgan fingerprint density at radius 2 is 2.00 bits per heavy atom. The molecule has 0 spiro atoms. The summed E-state index contributed by atoms with van der Waals surface area (Å²) in [6.07, 6.45) is 0. The summed E-state index contributed by atoms with van der Waals surface area (Å²) in [4.78, 5) is 18.3. The van der Waals surface area contributed by atoms with Crippen LogP contribution in [0.3, 0.4) is 0 Å². The topological polar surface area (TPSA) is 62.7 Å². The maximum Gasteiger partial charge on any atom is 0.337 e. The van der Waals surface area contributed by atoms with Crippen LogP contribution in [0.5, 0.6) is 0 Å². The number of methoxy groups -OCH3 is 1. The first-order chi connectivity index (χ1) is 11.3. The molecule has 0 radical (unpaired) electrons. The number of thiazole rings is 1. The number of hydrogen-bond donors (Lipinski definition) is 1. The van der Waals surface area contributed by atoms with Crippen molar-refractivity contribution in [3.8, 4) is 10.6 Å². The smallest absolute Gasteiger partial charge is 0.337 e. The van der Waals surface area contributed by atoms with Gasteiger partial charge in [-0.05, 0) is 32.5 Å². The number of nitrogens with zero attached hydrogens (tertiary/aromatic N) is 2. The van der Waals surface area contributed by atoms with Crippen molar-refractivity contribution >= 4 is 17.3 Å². The van der Waals surface area contributed by atoms with Crippen molar-refractivity contribution in [1.82, 2.24) is 9.88 Å². The van der Waals surface area contributed by atoms with Crippen LogP contribution in [-0.2, 0) is 11.3 Å². The number of likely N-dealkylation sites (N-methyl/N-ethyl adjacent to an activating group) is 1. The van der Waals surface area contributed by atoms with Crippen LogP contribution in [0, 0.1) is 0 Å². The van der Waals surface area contributed by atoms with E-state index in [0.29, 0.717) is 18.7 Å². The third-order valence-corrected chi connectivity index (χ3v) is 4.49. The van der Waals surface area contributed by atoms with Crippen molar-refractivity contribution in [3.05, 3.63) is 40.9 Å². The van der Waals surface area contributed by atoms with E-state index in [4.69, 9.17) is 4.74 Å². The Balaban J connectivity index is 2.08. The lowest BCUT2D eigenvalue weighted by Gasteiger charge is -2.27. The Hall–Kier alpha value is -1.76.